The Morgan fingerprint density at radius 1 is 1.15 bits per heavy atom. The normalized spacial score (nSPS) is 9.85. The number of sulfonamides is 1. The number of ether oxygens (including phenoxy) is 1. The van der Waals surface area contributed by atoms with Crippen molar-refractivity contribution in [3.8, 4) is 0 Å². The number of benzene rings is 1. The van der Waals surface area contributed by atoms with Crippen molar-refractivity contribution in [3.63, 3.8) is 0 Å². The number of hydrogen-bond donors (Lipinski definition) is 1. The number of nitrogens with two attached hydrogens (primary N) is 1. The van der Waals surface area contributed by atoms with Crippen LogP contribution in [-0.4, -0.2) is 46.5 Å². The average molecular weight is 764 g/mol. The molecule has 0 spiro atoms. The van der Waals surface area contributed by atoms with Crippen LogP contribution >= 0.6 is 59.9 Å². The van der Waals surface area contributed by atoms with E-state index in [2.05, 4.69) is 90.5 Å². The van der Waals surface area contributed by atoms with Crippen LogP contribution in [0, 0.1) is 0 Å². The first kappa shape index (κ1) is 32.0. The number of hydrogen-bond acceptors (Lipinski definition) is 5. The molecule has 1 rings (SSSR count). The van der Waals surface area contributed by atoms with Gasteiger partial charge in [0.25, 0.3) is 0 Å². The Hall–Kier alpha value is 1.33. The number of primary sulfonamides is 1. The van der Waals surface area contributed by atoms with Crippen LogP contribution in [0.5, 0.6) is 0 Å². The summed E-state index contributed by atoms with van der Waals surface area (Å²) in [6.07, 6.45) is 0. The van der Waals surface area contributed by atoms with E-state index >= 15 is 0 Å². The summed E-state index contributed by atoms with van der Waals surface area (Å²) in [5.41, 5.74) is -0.0579. The predicted octanol–water partition coefficient (Wildman–Crippen LogP) is 4.76. The molecule has 11 heteroatoms. The van der Waals surface area contributed by atoms with E-state index in [9.17, 15) is 13.2 Å². The van der Waals surface area contributed by atoms with Crippen molar-refractivity contribution in [1.82, 2.24) is 4.90 Å². The van der Waals surface area contributed by atoms with Crippen molar-refractivity contribution < 1.29 is 22.9 Å². The average Bonchev–Trinajstić information content (AvgIpc) is 2.61. The summed E-state index contributed by atoms with van der Waals surface area (Å²) >= 11 is 7.39. The molecule has 0 aliphatic carbocycles. The number of methoxy groups -OCH3 is 1. The molecule has 0 aliphatic rings. The maximum absolute atomic E-state index is 11.1. The Bertz CT molecular complexity index is 583. The van der Waals surface area contributed by atoms with Crippen LogP contribution in [0.1, 0.15) is 38.1 Å². The fourth-order valence-electron chi connectivity index (χ4n) is 1.22. The summed E-state index contributed by atoms with van der Waals surface area (Å²) in [5, 5.41) is 4.91. The van der Waals surface area contributed by atoms with E-state index in [-0.39, 0.29) is 15.4 Å². The van der Waals surface area contributed by atoms with Crippen molar-refractivity contribution in [2.24, 2.45) is 5.14 Å². The second-order valence-corrected chi connectivity index (χ2v) is 41.1. The number of carbonyl (C=O) groups excluding carboxylic acids is 1. The summed E-state index contributed by atoms with van der Waals surface area (Å²) < 4.78 is 26.5. The molecule has 0 saturated carbocycles. The summed E-state index contributed by atoms with van der Waals surface area (Å²) in [4.78, 5) is 12.9. The molecule has 0 amide bonds. The minimum absolute atomic E-state index is 0.0579. The first-order valence-corrected chi connectivity index (χ1v) is 22.7. The standard InChI is InChI=1S/C8H9NO4S.C5H13N.C2H6.3HI.V/c1-13-8(10)6-4-2-3-5-7(6)14(9,11)12;1-4-6(3)5-2;1-2;;;;/h2-5H,1H3,(H2,9,11,12);4-5H2,1-3H3;1-2H3;3*1H;/q;;;;;;+3/p-3. The topological polar surface area (TPSA) is 89.7 Å². The van der Waals surface area contributed by atoms with Gasteiger partial charge in [-0.3, -0.25) is 0 Å². The van der Waals surface area contributed by atoms with E-state index in [0.717, 1.165) is 13.1 Å². The van der Waals surface area contributed by atoms with Gasteiger partial charge in [0.15, 0.2) is 0 Å². The third kappa shape index (κ3) is 18.7. The van der Waals surface area contributed by atoms with Gasteiger partial charge in [-0.05, 0) is 32.3 Å². The molecule has 154 valence electrons. The van der Waals surface area contributed by atoms with Crippen molar-refractivity contribution in [2.75, 3.05) is 27.2 Å². The molecule has 0 saturated heterocycles. The van der Waals surface area contributed by atoms with Gasteiger partial charge in [-0.15, -0.1) is 0 Å². The Morgan fingerprint density at radius 2 is 1.54 bits per heavy atom. The number of rotatable bonds is 4. The molecule has 1 aromatic carbocycles. The zero-order chi connectivity index (χ0) is 21.3. The van der Waals surface area contributed by atoms with Crippen LogP contribution in [-0.2, 0) is 19.7 Å². The molecule has 2 N–H and O–H groups in total. The Balaban J connectivity index is -0.000000367. The van der Waals surface area contributed by atoms with Crippen molar-refractivity contribution in [3.05, 3.63) is 29.8 Å². The molecular weight excluding hydrogens is 736 g/mol. The summed E-state index contributed by atoms with van der Waals surface area (Å²) in [6.45, 7) is 10.6. The van der Waals surface area contributed by atoms with Gasteiger partial charge in [0.1, 0.15) is 0 Å². The first-order chi connectivity index (χ1) is 12.0. The first-order valence-electron chi connectivity index (χ1n) is 7.67. The molecular formula is C15H28I3N2O4SV. The van der Waals surface area contributed by atoms with Crippen LogP contribution in [0.25, 0.3) is 0 Å². The molecule has 26 heavy (non-hydrogen) atoms. The number of esters is 1. The molecule has 0 aromatic heterocycles. The van der Waals surface area contributed by atoms with Gasteiger partial charge in [-0.2, -0.15) is 0 Å². The van der Waals surface area contributed by atoms with Gasteiger partial charge >= 0.3 is 70.8 Å². The van der Waals surface area contributed by atoms with Crippen molar-refractivity contribution >= 4 is 75.9 Å². The molecule has 1 aromatic rings. The molecule has 0 bridgehead atoms. The molecule has 0 fully saturated rings. The Labute approximate surface area is 196 Å². The van der Waals surface area contributed by atoms with Gasteiger partial charge in [-0.25, -0.2) is 18.4 Å². The van der Waals surface area contributed by atoms with Crippen LogP contribution in [0.4, 0.5) is 0 Å². The van der Waals surface area contributed by atoms with Crippen LogP contribution in [0.3, 0.4) is 0 Å². The maximum atomic E-state index is 11.1. The van der Waals surface area contributed by atoms with Crippen LogP contribution in [0.2, 0.25) is 0 Å². The van der Waals surface area contributed by atoms with E-state index < -0.39 is 16.0 Å². The summed E-state index contributed by atoms with van der Waals surface area (Å²) in [6, 6.07) is 5.60. The number of halogens is 3. The van der Waals surface area contributed by atoms with E-state index in [1.54, 1.807) is 0 Å². The zero-order valence-corrected chi connectivity index (χ0v) is 24.6. The molecule has 0 unspecified atom stereocenters. The third-order valence-corrected chi connectivity index (χ3v) is 3.65. The minimum atomic E-state index is -3.89. The Kier molecular flexibility index (Phi) is 24.2. The van der Waals surface area contributed by atoms with Crippen LogP contribution < -0.4 is 5.14 Å². The van der Waals surface area contributed by atoms with Gasteiger partial charge in [-0.1, -0.05) is 39.8 Å². The van der Waals surface area contributed by atoms with Gasteiger partial charge in [0, 0.05) is 0 Å². The second kappa shape index (κ2) is 19.6. The quantitative estimate of drug-likeness (QED) is 0.353. The van der Waals surface area contributed by atoms with E-state index in [0.29, 0.717) is 0 Å². The van der Waals surface area contributed by atoms with Crippen molar-refractivity contribution in [1.29, 1.82) is 0 Å². The van der Waals surface area contributed by atoms with Gasteiger partial charge in [0.05, 0.1) is 17.6 Å². The van der Waals surface area contributed by atoms with E-state index in [1.165, 1.54) is 31.4 Å². The fraction of sp³-hybridized carbons (Fsp3) is 0.533. The molecule has 0 atom stereocenters. The van der Waals surface area contributed by atoms with Gasteiger partial charge in [0.2, 0.25) is 10.0 Å². The summed E-state index contributed by atoms with van der Waals surface area (Å²) in [7, 11) is -0.609. The third-order valence-electron chi connectivity index (χ3n) is 2.68. The fourth-order valence-corrected chi connectivity index (χ4v) is 1.94. The van der Waals surface area contributed by atoms with Gasteiger partial charge < -0.3 is 9.64 Å². The Morgan fingerprint density at radius 3 is 1.81 bits per heavy atom. The SMILES string of the molecule is CC.CCN(C)CC.COC(=O)c1ccccc1S(N)(=O)=O.[I][V]([I])[I]. The summed E-state index contributed by atoms with van der Waals surface area (Å²) in [5.74, 6) is -0.727. The van der Waals surface area contributed by atoms with E-state index in [4.69, 9.17) is 5.14 Å². The predicted molar refractivity (Wildman–Crippen MR) is 131 cm³/mol. The molecule has 0 aliphatic heterocycles. The second-order valence-electron chi connectivity index (χ2n) is 4.21. The molecule has 0 radical (unpaired) electrons. The molecule has 0 heterocycles. The van der Waals surface area contributed by atoms with E-state index in [1.807, 2.05) is 13.8 Å². The van der Waals surface area contributed by atoms with Crippen molar-refractivity contribution in [2.45, 2.75) is 32.6 Å². The number of nitrogens with zero attached hydrogens (tertiary/aromatic N) is 1. The monoisotopic (exact) mass is 764 g/mol. The zero-order valence-electron chi connectivity index (χ0n) is 15.9. The van der Waals surface area contributed by atoms with Crippen LogP contribution in [0.15, 0.2) is 29.2 Å². The molecule has 6 nitrogen and oxygen atoms in total. The number of carbonyl (C=O) groups is 1.